The molecule has 1 N–H and O–H groups in total. The van der Waals surface area contributed by atoms with E-state index in [1.807, 2.05) is 0 Å². The summed E-state index contributed by atoms with van der Waals surface area (Å²) in [4.78, 5) is 0. The third-order valence-electron chi connectivity index (χ3n) is 1.81. The van der Waals surface area contributed by atoms with Crippen molar-refractivity contribution in [2.75, 3.05) is 6.79 Å². The number of aliphatic hydroxyl groups excluding tert-OH is 1. The molecule has 0 aliphatic carbocycles. The quantitative estimate of drug-likeness (QED) is 0.757. The average molecular weight is 205 g/mol. The average Bonchev–Trinajstić information content (AvgIpc) is 2.54. The number of benzene rings is 1. The van der Waals surface area contributed by atoms with Gasteiger partial charge in [0.1, 0.15) is 0 Å². The Morgan fingerprint density at radius 3 is 3.00 bits per heavy atom. The molecular weight excluding hydrogens is 199 g/mol. The highest BCUT2D eigenvalue weighted by molar-refractivity contribution is 6.31. The zero-order chi connectivity index (χ0) is 9.42. The predicted octanol–water partition coefficient (Wildman–Crippen LogP) is 1.70. The smallest absolute Gasteiger partial charge is 0.231 e. The van der Waals surface area contributed by atoms with Gasteiger partial charge in [-0.15, -0.1) is 0 Å². The maximum absolute atomic E-state index is 13.2. The molecule has 1 heterocycles. The van der Waals surface area contributed by atoms with Crippen LogP contribution in [-0.4, -0.2) is 11.9 Å². The Kier molecular flexibility index (Phi) is 2.01. The molecule has 3 nitrogen and oxygen atoms in total. The number of hydrogen-bond donors (Lipinski definition) is 1. The molecule has 0 saturated heterocycles. The van der Waals surface area contributed by atoms with E-state index in [1.54, 1.807) is 0 Å². The molecule has 0 aromatic heterocycles. The highest BCUT2D eigenvalue weighted by Gasteiger charge is 2.23. The second-order valence-corrected chi connectivity index (χ2v) is 2.95. The first-order chi connectivity index (χ1) is 6.24. The van der Waals surface area contributed by atoms with Crippen LogP contribution in [0, 0.1) is 5.82 Å². The predicted molar refractivity (Wildman–Crippen MR) is 43.5 cm³/mol. The van der Waals surface area contributed by atoms with Crippen molar-refractivity contribution in [1.82, 2.24) is 0 Å². The Hall–Kier alpha value is -1.00. The number of fused-ring (bicyclic) bond motifs is 1. The Balaban J connectivity index is 2.64. The maximum atomic E-state index is 13.2. The van der Waals surface area contributed by atoms with Gasteiger partial charge in [0.2, 0.25) is 6.79 Å². The van der Waals surface area contributed by atoms with Gasteiger partial charge in [-0.25, -0.2) is 4.39 Å². The largest absolute Gasteiger partial charge is 0.454 e. The van der Waals surface area contributed by atoms with Crippen LogP contribution in [0.15, 0.2) is 6.07 Å². The zero-order valence-corrected chi connectivity index (χ0v) is 7.27. The van der Waals surface area contributed by atoms with Crippen LogP contribution in [0.3, 0.4) is 0 Å². The van der Waals surface area contributed by atoms with Gasteiger partial charge in [-0.05, 0) is 0 Å². The summed E-state index contributed by atoms with van der Waals surface area (Å²) in [5.41, 5.74) is 0.0417. The van der Waals surface area contributed by atoms with Crippen molar-refractivity contribution in [3.05, 3.63) is 22.5 Å². The summed E-state index contributed by atoms with van der Waals surface area (Å²) in [6, 6.07) is 1.33. The lowest BCUT2D eigenvalue weighted by molar-refractivity contribution is 0.170. The fourth-order valence-corrected chi connectivity index (χ4v) is 1.41. The first kappa shape index (κ1) is 8.59. The molecule has 0 saturated carbocycles. The Morgan fingerprint density at radius 1 is 1.54 bits per heavy atom. The summed E-state index contributed by atoms with van der Waals surface area (Å²) in [5.74, 6) is -0.0479. The van der Waals surface area contributed by atoms with Crippen molar-refractivity contribution in [2.45, 2.75) is 6.61 Å². The van der Waals surface area contributed by atoms with Crippen LogP contribution in [-0.2, 0) is 6.61 Å². The second kappa shape index (κ2) is 3.05. The first-order valence-corrected chi connectivity index (χ1v) is 3.99. The first-order valence-electron chi connectivity index (χ1n) is 3.61. The SMILES string of the molecule is OCc1c(F)c(Cl)cc2c1OCO2. The summed E-state index contributed by atoms with van der Waals surface area (Å²) in [5, 5.41) is 8.80. The fraction of sp³-hybridized carbons (Fsp3) is 0.250. The molecule has 0 atom stereocenters. The monoisotopic (exact) mass is 204 g/mol. The van der Waals surface area contributed by atoms with Crippen LogP contribution in [0.2, 0.25) is 5.02 Å². The molecule has 0 spiro atoms. The van der Waals surface area contributed by atoms with E-state index in [0.717, 1.165) is 0 Å². The molecule has 0 radical (unpaired) electrons. The highest BCUT2D eigenvalue weighted by atomic mass is 35.5. The van der Waals surface area contributed by atoms with Gasteiger partial charge in [0, 0.05) is 6.07 Å². The minimum Gasteiger partial charge on any atom is -0.454 e. The van der Waals surface area contributed by atoms with Crippen molar-refractivity contribution in [3.63, 3.8) is 0 Å². The molecular formula is C8H6ClFO3. The van der Waals surface area contributed by atoms with Crippen molar-refractivity contribution < 1.29 is 19.0 Å². The van der Waals surface area contributed by atoms with Gasteiger partial charge in [0.15, 0.2) is 17.3 Å². The van der Waals surface area contributed by atoms with Crippen LogP contribution in [0.1, 0.15) is 5.56 Å². The van der Waals surface area contributed by atoms with Crippen LogP contribution >= 0.6 is 11.6 Å². The number of hydrogen-bond acceptors (Lipinski definition) is 3. The van der Waals surface area contributed by atoms with Crippen molar-refractivity contribution in [2.24, 2.45) is 0 Å². The number of rotatable bonds is 1. The van der Waals surface area contributed by atoms with Gasteiger partial charge in [-0.1, -0.05) is 11.6 Å². The number of ether oxygens (including phenoxy) is 2. The van der Waals surface area contributed by atoms with E-state index >= 15 is 0 Å². The molecule has 5 heteroatoms. The van der Waals surface area contributed by atoms with Gasteiger partial charge in [0.25, 0.3) is 0 Å². The molecule has 0 amide bonds. The van der Waals surface area contributed by atoms with Crippen LogP contribution < -0.4 is 9.47 Å². The minimum atomic E-state index is -0.659. The fourth-order valence-electron chi connectivity index (χ4n) is 1.20. The van der Waals surface area contributed by atoms with Gasteiger partial charge in [-0.2, -0.15) is 0 Å². The summed E-state index contributed by atoms with van der Waals surface area (Å²) >= 11 is 5.55. The summed E-state index contributed by atoms with van der Waals surface area (Å²) in [6.45, 7) is -0.430. The van der Waals surface area contributed by atoms with Crippen molar-refractivity contribution in [1.29, 1.82) is 0 Å². The normalized spacial score (nSPS) is 13.5. The number of aliphatic hydroxyl groups is 1. The molecule has 1 aromatic carbocycles. The molecule has 0 fully saturated rings. The second-order valence-electron chi connectivity index (χ2n) is 2.54. The molecule has 1 aliphatic heterocycles. The van der Waals surface area contributed by atoms with Gasteiger partial charge in [0.05, 0.1) is 17.2 Å². The molecule has 0 unspecified atom stereocenters. The molecule has 13 heavy (non-hydrogen) atoms. The summed E-state index contributed by atoms with van der Waals surface area (Å²) in [7, 11) is 0. The van der Waals surface area contributed by atoms with E-state index in [1.165, 1.54) is 6.07 Å². The lowest BCUT2D eigenvalue weighted by Gasteiger charge is -2.05. The molecule has 2 rings (SSSR count). The standard InChI is InChI=1S/C8H6ClFO3/c9-5-1-6-8(13-3-12-6)4(2-11)7(5)10/h1,11H,2-3H2. The van der Waals surface area contributed by atoms with E-state index in [0.29, 0.717) is 5.75 Å². The molecule has 1 aromatic rings. The maximum Gasteiger partial charge on any atom is 0.231 e. The molecule has 70 valence electrons. The molecule has 1 aliphatic rings. The Labute approximate surface area is 78.6 Å². The van der Waals surface area contributed by atoms with Gasteiger partial charge >= 0.3 is 0 Å². The van der Waals surface area contributed by atoms with E-state index in [-0.39, 0.29) is 23.1 Å². The lowest BCUT2D eigenvalue weighted by atomic mass is 10.2. The van der Waals surface area contributed by atoms with Gasteiger partial charge in [-0.3, -0.25) is 0 Å². The van der Waals surface area contributed by atoms with Crippen LogP contribution in [0.5, 0.6) is 11.5 Å². The summed E-state index contributed by atoms with van der Waals surface area (Å²) < 4.78 is 23.2. The van der Waals surface area contributed by atoms with E-state index in [4.69, 9.17) is 26.2 Å². The third-order valence-corrected chi connectivity index (χ3v) is 2.08. The van der Waals surface area contributed by atoms with E-state index in [9.17, 15) is 4.39 Å². The third kappa shape index (κ3) is 1.22. The van der Waals surface area contributed by atoms with Crippen molar-refractivity contribution in [3.8, 4) is 11.5 Å². The topological polar surface area (TPSA) is 38.7 Å². The van der Waals surface area contributed by atoms with E-state index in [2.05, 4.69) is 0 Å². The molecule has 0 bridgehead atoms. The van der Waals surface area contributed by atoms with Gasteiger partial charge < -0.3 is 14.6 Å². The highest BCUT2D eigenvalue weighted by Crippen LogP contribution is 2.40. The van der Waals surface area contributed by atoms with Crippen LogP contribution in [0.4, 0.5) is 4.39 Å². The van der Waals surface area contributed by atoms with Crippen LogP contribution in [0.25, 0.3) is 0 Å². The van der Waals surface area contributed by atoms with Crippen molar-refractivity contribution >= 4 is 11.6 Å². The number of halogens is 2. The summed E-state index contributed by atoms with van der Waals surface area (Å²) in [6.07, 6.45) is 0. The Bertz CT molecular complexity index is 354. The minimum absolute atomic E-state index is 0.0299. The Morgan fingerprint density at radius 2 is 2.31 bits per heavy atom. The van der Waals surface area contributed by atoms with E-state index < -0.39 is 12.4 Å². The lowest BCUT2D eigenvalue weighted by Crippen LogP contribution is -1.96. The zero-order valence-electron chi connectivity index (χ0n) is 6.51.